The van der Waals surface area contributed by atoms with Gasteiger partial charge in [-0.2, -0.15) is 0 Å². The Hall–Kier alpha value is -0.940. The van der Waals surface area contributed by atoms with Crippen LogP contribution < -0.4 is 5.32 Å². The second-order valence-electron chi connectivity index (χ2n) is 5.61. The van der Waals surface area contributed by atoms with Crippen molar-refractivity contribution >= 4 is 0 Å². The third kappa shape index (κ3) is 4.03. The Kier molecular flexibility index (Phi) is 5.03. The molecule has 0 amide bonds. The Morgan fingerprint density at radius 1 is 1.20 bits per heavy atom. The summed E-state index contributed by atoms with van der Waals surface area (Å²) >= 11 is 0. The molecule has 4 heteroatoms. The van der Waals surface area contributed by atoms with E-state index < -0.39 is 0 Å². The maximum absolute atomic E-state index is 6.10. The first-order valence-corrected chi connectivity index (χ1v) is 7.64. The summed E-state index contributed by atoms with van der Waals surface area (Å²) in [7, 11) is 0. The predicted octanol–water partition coefficient (Wildman–Crippen LogP) is 1.61. The Bertz CT molecular complexity index is 393. The summed E-state index contributed by atoms with van der Waals surface area (Å²) in [6.45, 7) is 5.73. The minimum Gasteiger partial charge on any atom is -0.350 e. The number of morpholine rings is 1. The first kappa shape index (κ1) is 14.0. The van der Waals surface area contributed by atoms with Crippen molar-refractivity contribution in [3.63, 3.8) is 0 Å². The van der Waals surface area contributed by atoms with E-state index in [-0.39, 0.29) is 6.29 Å². The van der Waals surface area contributed by atoms with Crippen LogP contribution in [0.4, 0.5) is 0 Å². The fourth-order valence-electron chi connectivity index (χ4n) is 2.88. The highest BCUT2D eigenvalue weighted by Crippen LogP contribution is 2.16. The second-order valence-corrected chi connectivity index (χ2v) is 5.61. The van der Waals surface area contributed by atoms with Gasteiger partial charge in [0, 0.05) is 19.6 Å². The minimum atomic E-state index is -0.0597. The average Bonchev–Trinajstić information content (AvgIpc) is 2.50. The van der Waals surface area contributed by atoms with Crippen LogP contribution in [0.1, 0.15) is 18.4 Å². The van der Waals surface area contributed by atoms with Gasteiger partial charge < -0.3 is 14.8 Å². The molecule has 0 aliphatic carbocycles. The molecule has 1 unspecified atom stereocenters. The van der Waals surface area contributed by atoms with Gasteiger partial charge in [0.15, 0.2) is 6.29 Å². The van der Waals surface area contributed by atoms with E-state index in [1.807, 2.05) is 0 Å². The molecule has 110 valence electrons. The minimum absolute atomic E-state index is 0.0597. The number of rotatable bonds is 4. The van der Waals surface area contributed by atoms with Gasteiger partial charge in [0.25, 0.3) is 0 Å². The number of nitrogens with one attached hydrogen (secondary N) is 1. The summed E-state index contributed by atoms with van der Waals surface area (Å²) in [4.78, 5) is 2.42. The van der Waals surface area contributed by atoms with Crippen molar-refractivity contribution < 1.29 is 9.47 Å². The van der Waals surface area contributed by atoms with Gasteiger partial charge in [0.05, 0.1) is 12.7 Å². The number of ether oxygens (including phenoxy) is 2. The van der Waals surface area contributed by atoms with E-state index in [0.717, 1.165) is 52.2 Å². The van der Waals surface area contributed by atoms with Crippen molar-refractivity contribution in [3.8, 4) is 0 Å². The van der Waals surface area contributed by atoms with Gasteiger partial charge in [0.1, 0.15) is 0 Å². The van der Waals surface area contributed by atoms with Crippen LogP contribution in [0, 0.1) is 0 Å². The molecule has 0 saturated carbocycles. The second kappa shape index (κ2) is 7.18. The van der Waals surface area contributed by atoms with Crippen molar-refractivity contribution in [3.05, 3.63) is 35.9 Å². The van der Waals surface area contributed by atoms with Crippen molar-refractivity contribution in [1.82, 2.24) is 10.2 Å². The Morgan fingerprint density at radius 3 is 2.80 bits per heavy atom. The van der Waals surface area contributed by atoms with Gasteiger partial charge in [0.2, 0.25) is 0 Å². The summed E-state index contributed by atoms with van der Waals surface area (Å²) in [6.07, 6.45) is 2.49. The number of benzene rings is 1. The molecule has 20 heavy (non-hydrogen) atoms. The van der Waals surface area contributed by atoms with Crippen LogP contribution in [0.25, 0.3) is 0 Å². The van der Waals surface area contributed by atoms with E-state index >= 15 is 0 Å². The molecule has 1 N–H and O–H groups in total. The molecule has 2 heterocycles. The van der Waals surface area contributed by atoms with Crippen molar-refractivity contribution in [1.29, 1.82) is 0 Å². The molecule has 4 nitrogen and oxygen atoms in total. The quantitative estimate of drug-likeness (QED) is 0.906. The molecule has 2 fully saturated rings. The van der Waals surface area contributed by atoms with Crippen LogP contribution >= 0.6 is 0 Å². The van der Waals surface area contributed by atoms with Crippen LogP contribution in [0.5, 0.6) is 0 Å². The molecule has 2 aliphatic rings. The Morgan fingerprint density at radius 2 is 2.00 bits per heavy atom. The van der Waals surface area contributed by atoms with Crippen LogP contribution in [0.15, 0.2) is 30.3 Å². The molecule has 2 aliphatic heterocycles. The zero-order valence-corrected chi connectivity index (χ0v) is 12.0. The largest absolute Gasteiger partial charge is 0.350 e. The number of hydrogen-bond acceptors (Lipinski definition) is 4. The number of hydrogen-bond donors (Lipinski definition) is 1. The third-order valence-corrected chi connectivity index (χ3v) is 4.00. The lowest BCUT2D eigenvalue weighted by Gasteiger charge is -2.35. The SMILES string of the molecule is c1ccc(CN2CCOC(OC3CCNCC3)C2)cc1. The van der Waals surface area contributed by atoms with Gasteiger partial charge in [-0.3, -0.25) is 4.90 Å². The smallest absolute Gasteiger partial charge is 0.170 e. The molecule has 0 aromatic heterocycles. The van der Waals surface area contributed by atoms with E-state index in [2.05, 4.69) is 40.5 Å². The van der Waals surface area contributed by atoms with Crippen molar-refractivity contribution in [2.45, 2.75) is 31.8 Å². The maximum Gasteiger partial charge on any atom is 0.170 e. The molecule has 0 radical (unpaired) electrons. The molecular weight excluding hydrogens is 252 g/mol. The molecule has 1 atom stereocenters. The van der Waals surface area contributed by atoms with Crippen LogP contribution in [-0.2, 0) is 16.0 Å². The maximum atomic E-state index is 6.10. The van der Waals surface area contributed by atoms with E-state index in [0.29, 0.717) is 6.10 Å². The third-order valence-electron chi connectivity index (χ3n) is 4.00. The van der Waals surface area contributed by atoms with Crippen LogP contribution in [0.2, 0.25) is 0 Å². The molecule has 3 rings (SSSR count). The van der Waals surface area contributed by atoms with Crippen molar-refractivity contribution in [2.75, 3.05) is 32.8 Å². The van der Waals surface area contributed by atoms with Gasteiger partial charge in [-0.05, 0) is 31.5 Å². The molecule has 2 saturated heterocycles. The van der Waals surface area contributed by atoms with E-state index in [1.54, 1.807) is 0 Å². The number of piperidine rings is 1. The lowest BCUT2D eigenvalue weighted by atomic mass is 10.1. The fraction of sp³-hybridized carbons (Fsp3) is 0.625. The summed E-state index contributed by atoms with van der Waals surface area (Å²) < 4.78 is 11.9. The zero-order valence-electron chi connectivity index (χ0n) is 12.0. The first-order chi connectivity index (χ1) is 9.90. The Balaban J connectivity index is 1.48. The summed E-state index contributed by atoms with van der Waals surface area (Å²) in [5.74, 6) is 0. The topological polar surface area (TPSA) is 33.7 Å². The summed E-state index contributed by atoms with van der Waals surface area (Å²) in [5, 5.41) is 3.36. The first-order valence-electron chi connectivity index (χ1n) is 7.64. The molecule has 0 bridgehead atoms. The molecular formula is C16H24N2O2. The monoisotopic (exact) mass is 276 g/mol. The van der Waals surface area contributed by atoms with Crippen LogP contribution in [0.3, 0.4) is 0 Å². The van der Waals surface area contributed by atoms with Crippen LogP contribution in [-0.4, -0.2) is 50.1 Å². The van der Waals surface area contributed by atoms with Crippen molar-refractivity contribution in [2.24, 2.45) is 0 Å². The van der Waals surface area contributed by atoms with E-state index in [9.17, 15) is 0 Å². The summed E-state index contributed by atoms with van der Waals surface area (Å²) in [6, 6.07) is 10.6. The highest BCUT2D eigenvalue weighted by Gasteiger charge is 2.25. The number of nitrogens with zero attached hydrogens (tertiary/aromatic N) is 1. The lowest BCUT2D eigenvalue weighted by molar-refractivity contribution is -0.206. The van der Waals surface area contributed by atoms with Gasteiger partial charge >= 0.3 is 0 Å². The van der Waals surface area contributed by atoms with Gasteiger partial charge in [-0.15, -0.1) is 0 Å². The zero-order chi connectivity index (χ0) is 13.6. The predicted molar refractivity (Wildman–Crippen MR) is 78.4 cm³/mol. The van der Waals surface area contributed by atoms with E-state index in [4.69, 9.17) is 9.47 Å². The molecule has 1 aromatic rings. The highest BCUT2D eigenvalue weighted by atomic mass is 16.7. The lowest BCUT2D eigenvalue weighted by Crippen LogP contribution is -2.45. The van der Waals surface area contributed by atoms with Gasteiger partial charge in [-0.25, -0.2) is 0 Å². The van der Waals surface area contributed by atoms with E-state index in [1.165, 1.54) is 5.56 Å². The Labute approximate surface area is 121 Å². The summed E-state index contributed by atoms with van der Waals surface area (Å²) in [5.41, 5.74) is 1.36. The standard InChI is InChI=1S/C16H24N2O2/c1-2-4-14(5-3-1)12-18-10-11-19-16(13-18)20-15-6-8-17-9-7-15/h1-5,15-17H,6-13H2. The highest BCUT2D eigenvalue weighted by molar-refractivity contribution is 5.14. The fourth-order valence-corrected chi connectivity index (χ4v) is 2.88. The average molecular weight is 276 g/mol. The normalized spacial score (nSPS) is 25.7. The molecule has 0 spiro atoms. The molecule has 1 aromatic carbocycles. The van der Waals surface area contributed by atoms with Gasteiger partial charge in [-0.1, -0.05) is 30.3 Å².